The highest BCUT2D eigenvalue weighted by Crippen LogP contribution is 2.20. The molecule has 5 nitrogen and oxygen atoms in total. The summed E-state index contributed by atoms with van der Waals surface area (Å²) in [6.45, 7) is 7.46. The summed E-state index contributed by atoms with van der Waals surface area (Å²) >= 11 is 0. The fraction of sp³-hybridized carbons (Fsp3) is 0.381. The lowest BCUT2D eigenvalue weighted by molar-refractivity contribution is 0.0617. The van der Waals surface area contributed by atoms with E-state index in [1.165, 1.54) is 0 Å². The van der Waals surface area contributed by atoms with Crippen molar-refractivity contribution in [3.05, 3.63) is 65.2 Å². The van der Waals surface area contributed by atoms with Crippen LogP contribution in [0.15, 0.2) is 53.5 Å². The van der Waals surface area contributed by atoms with Crippen LogP contribution in [0.3, 0.4) is 0 Å². The lowest BCUT2D eigenvalue weighted by Gasteiger charge is -2.25. The van der Waals surface area contributed by atoms with Crippen molar-refractivity contribution in [1.29, 1.82) is 0 Å². The molecule has 0 fully saturated rings. The molecule has 140 valence electrons. The second kappa shape index (κ2) is 9.25. The number of benzene rings is 2. The molecule has 0 radical (unpaired) electrons. The minimum atomic E-state index is -0.982. The number of rotatable bonds is 7. The summed E-state index contributed by atoms with van der Waals surface area (Å²) in [6, 6.07) is 15.7. The first-order chi connectivity index (χ1) is 12.5. The fourth-order valence-corrected chi connectivity index (χ4v) is 2.63. The van der Waals surface area contributed by atoms with Crippen molar-refractivity contribution < 1.29 is 9.84 Å². The number of hydrogen-bond acceptors (Lipinski definition) is 3. The van der Waals surface area contributed by atoms with Crippen LogP contribution in [0.1, 0.15) is 30.5 Å². The first-order valence-corrected chi connectivity index (χ1v) is 8.90. The molecule has 0 aromatic heterocycles. The predicted molar refractivity (Wildman–Crippen MR) is 107 cm³/mol. The normalized spacial score (nSPS) is 13.8. The van der Waals surface area contributed by atoms with E-state index in [0.717, 1.165) is 29.0 Å². The van der Waals surface area contributed by atoms with Crippen LogP contribution in [0.25, 0.3) is 0 Å². The lowest BCUT2D eigenvalue weighted by Crippen LogP contribution is -2.44. The summed E-state index contributed by atoms with van der Waals surface area (Å²) in [6.07, 6.45) is 0. The third kappa shape index (κ3) is 5.49. The summed E-state index contributed by atoms with van der Waals surface area (Å²) in [7, 11) is 1.67. The van der Waals surface area contributed by atoms with Crippen molar-refractivity contribution in [3.63, 3.8) is 0 Å². The Hall–Kier alpha value is -2.53. The van der Waals surface area contributed by atoms with Crippen LogP contribution in [0.2, 0.25) is 0 Å². The Kier molecular flexibility index (Phi) is 7.04. The Balaban J connectivity index is 2.05. The first-order valence-electron chi connectivity index (χ1n) is 8.90. The second-order valence-corrected chi connectivity index (χ2v) is 6.49. The third-order valence-corrected chi connectivity index (χ3v) is 4.23. The maximum atomic E-state index is 10.7. The van der Waals surface area contributed by atoms with Crippen molar-refractivity contribution >= 4 is 5.96 Å². The van der Waals surface area contributed by atoms with E-state index in [1.54, 1.807) is 14.0 Å². The van der Waals surface area contributed by atoms with Gasteiger partial charge in [0.2, 0.25) is 0 Å². The van der Waals surface area contributed by atoms with E-state index in [1.807, 2.05) is 62.4 Å². The first kappa shape index (κ1) is 19.8. The number of aliphatic imine (C=N–C) groups is 1. The van der Waals surface area contributed by atoms with E-state index >= 15 is 0 Å². The van der Waals surface area contributed by atoms with Gasteiger partial charge in [0.25, 0.3) is 0 Å². The molecule has 0 aliphatic rings. The van der Waals surface area contributed by atoms with Crippen LogP contribution < -0.4 is 15.4 Å². The highest BCUT2D eigenvalue weighted by atomic mass is 16.5. The molecule has 0 bridgehead atoms. The Morgan fingerprint density at radius 3 is 2.54 bits per heavy atom. The lowest BCUT2D eigenvalue weighted by atomic mass is 9.96. The Bertz CT molecular complexity index is 727. The van der Waals surface area contributed by atoms with Crippen LogP contribution in [-0.4, -0.2) is 31.3 Å². The van der Waals surface area contributed by atoms with Crippen molar-refractivity contribution in [2.45, 2.75) is 32.9 Å². The van der Waals surface area contributed by atoms with E-state index in [-0.39, 0.29) is 0 Å². The molecule has 0 aliphatic carbocycles. The zero-order valence-corrected chi connectivity index (χ0v) is 16.0. The largest absolute Gasteiger partial charge is 0.496 e. The molecule has 2 rings (SSSR count). The molecule has 0 heterocycles. The van der Waals surface area contributed by atoms with Crippen molar-refractivity contribution in [3.8, 4) is 5.75 Å². The Morgan fingerprint density at radius 1 is 1.15 bits per heavy atom. The minimum absolute atomic E-state index is 0.361. The van der Waals surface area contributed by atoms with Crippen LogP contribution >= 0.6 is 0 Å². The molecule has 26 heavy (non-hydrogen) atoms. The fourth-order valence-electron chi connectivity index (χ4n) is 2.63. The van der Waals surface area contributed by atoms with E-state index in [2.05, 4.69) is 15.6 Å². The van der Waals surface area contributed by atoms with E-state index < -0.39 is 5.60 Å². The molecule has 0 saturated heterocycles. The molecular formula is C21H29N3O2. The van der Waals surface area contributed by atoms with Crippen molar-refractivity contribution in [2.75, 3.05) is 20.2 Å². The number of aliphatic hydroxyl groups is 1. The highest BCUT2D eigenvalue weighted by molar-refractivity contribution is 5.79. The molecule has 0 aliphatic heterocycles. The highest BCUT2D eigenvalue weighted by Gasteiger charge is 2.22. The van der Waals surface area contributed by atoms with Gasteiger partial charge in [-0.15, -0.1) is 0 Å². The monoisotopic (exact) mass is 355 g/mol. The Labute approximate surface area is 156 Å². The van der Waals surface area contributed by atoms with Gasteiger partial charge in [-0.25, -0.2) is 4.99 Å². The second-order valence-electron chi connectivity index (χ2n) is 6.49. The molecule has 0 amide bonds. The maximum Gasteiger partial charge on any atom is 0.191 e. The summed E-state index contributed by atoms with van der Waals surface area (Å²) in [5.74, 6) is 1.53. The van der Waals surface area contributed by atoms with Crippen LogP contribution in [0.4, 0.5) is 0 Å². The molecule has 2 aromatic carbocycles. The molecule has 0 spiro atoms. The van der Waals surface area contributed by atoms with Gasteiger partial charge in [0.1, 0.15) is 11.4 Å². The van der Waals surface area contributed by atoms with Gasteiger partial charge in [-0.05, 0) is 43.5 Å². The zero-order valence-electron chi connectivity index (χ0n) is 16.0. The summed E-state index contributed by atoms with van der Waals surface area (Å²) in [5, 5.41) is 17.2. The van der Waals surface area contributed by atoms with E-state index in [0.29, 0.717) is 19.0 Å². The van der Waals surface area contributed by atoms with Gasteiger partial charge in [-0.3, -0.25) is 0 Å². The third-order valence-electron chi connectivity index (χ3n) is 4.23. The summed E-state index contributed by atoms with van der Waals surface area (Å²) < 4.78 is 5.37. The number of methoxy groups -OCH3 is 1. The van der Waals surface area contributed by atoms with Crippen LogP contribution in [-0.2, 0) is 12.1 Å². The molecule has 1 unspecified atom stereocenters. The Morgan fingerprint density at radius 2 is 1.88 bits per heavy atom. The predicted octanol–water partition coefficient (Wildman–Crippen LogP) is 2.97. The molecule has 0 saturated carbocycles. The van der Waals surface area contributed by atoms with Crippen molar-refractivity contribution in [1.82, 2.24) is 10.6 Å². The van der Waals surface area contributed by atoms with E-state index in [4.69, 9.17) is 4.74 Å². The average molecular weight is 355 g/mol. The van der Waals surface area contributed by atoms with Gasteiger partial charge in [-0.1, -0.05) is 42.5 Å². The van der Waals surface area contributed by atoms with E-state index in [9.17, 15) is 5.11 Å². The summed E-state index contributed by atoms with van der Waals surface area (Å²) in [5.41, 5.74) is 2.06. The SMILES string of the molecule is CCNC(=NCc1ccc(C)c(OC)c1)NCC(C)(O)c1ccccc1. The number of nitrogens with one attached hydrogen (secondary N) is 2. The molecular weight excluding hydrogens is 326 g/mol. The summed E-state index contributed by atoms with van der Waals surface area (Å²) in [4.78, 5) is 4.61. The van der Waals surface area contributed by atoms with Crippen LogP contribution in [0.5, 0.6) is 5.75 Å². The standard InChI is InChI=1S/C21H29N3O2/c1-5-22-20(23-14-17-12-11-16(2)19(13-17)26-4)24-15-21(3,25)18-9-7-6-8-10-18/h6-13,25H,5,14-15H2,1-4H3,(H2,22,23,24). The number of guanidine groups is 1. The van der Waals surface area contributed by atoms with Gasteiger partial charge in [-0.2, -0.15) is 0 Å². The van der Waals surface area contributed by atoms with Crippen LogP contribution in [0, 0.1) is 6.92 Å². The van der Waals surface area contributed by atoms with Crippen molar-refractivity contribution in [2.24, 2.45) is 4.99 Å². The molecule has 1 atom stereocenters. The topological polar surface area (TPSA) is 65.9 Å². The minimum Gasteiger partial charge on any atom is -0.496 e. The van der Waals surface area contributed by atoms with Gasteiger partial charge in [0.15, 0.2) is 5.96 Å². The smallest absolute Gasteiger partial charge is 0.191 e. The average Bonchev–Trinajstić information content (AvgIpc) is 2.66. The number of hydrogen-bond donors (Lipinski definition) is 3. The zero-order chi connectivity index (χ0) is 19.0. The quantitative estimate of drug-likeness (QED) is 0.528. The molecule has 3 N–H and O–H groups in total. The number of aryl methyl sites for hydroxylation is 1. The van der Waals surface area contributed by atoms with Gasteiger partial charge in [0, 0.05) is 6.54 Å². The molecule has 5 heteroatoms. The maximum absolute atomic E-state index is 10.7. The molecule has 2 aromatic rings. The van der Waals surface area contributed by atoms with Gasteiger partial charge in [0.05, 0.1) is 20.2 Å². The number of nitrogens with zero attached hydrogens (tertiary/aromatic N) is 1. The number of ether oxygens (including phenoxy) is 1. The van der Waals surface area contributed by atoms with Gasteiger partial charge >= 0.3 is 0 Å². The van der Waals surface area contributed by atoms with Gasteiger partial charge < -0.3 is 20.5 Å².